The second kappa shape index (κ2) is 5.72. The lowest BCUT2D eigenvalue weighted by Gasteiger charge is -2.21. The maximum atomic E-state index is 5.75. The fourth-order valence-electron chi connectivity index (χ4n) is 3.00. The molecular weight excluding hydrogens is 208 g/mol. The Hall–Kier alpha value is -0.760. The van der Waals surface area contributed by atoms with Gasteiger partial charge in [0.2, 0.25) is 0 Å². The average Bonchev–Trinajstić information content (AvgIpc) is 2.50. The lowest BCUT2D eigenvalue weighted by Crippen LogP contribution is -2.14. The van der Waals surface area contributed by atoms with E-state index >= 15 is 0 Å². The van der Waals surface area contributed by atoms with Gasteiger partial charge in [0.15, 0.2) is 0 Å². The maximum Gasteiger partial charge on any atom is 0.0279 e. The van der Waals surface area contributed by atoms with Gasteiger partial charge in [0.25, 0.3) is 0 Å². The van der Waals surface area contributed by atoms with Gasteiger partial charge in [0.1, 0.15) is 0 Å². The van der Waals surface area contributed by atoms with E-state index in [1.54, 1.807) is 0 Å². The molecule has 0 radical (unpaired) electrons. The zero-order valence-corrected chi connectivity index (χ0v) is 12.2. The van der Waals surface area contributed by atoms with Crippen molar-refractivity contribution in [2.24, 2.45) is 11.7 Å². The summed E-state index contributed by atoms with van der Waals surface area (Å²) < 4.78 is 2.43. The molecule has 0 spiro atoms. The average molecular weight is 236 g/mol. The van der Waals surface area contributed by atoms with Crippen LogP contribution in [0.2, 0.25) is 0 Å². The molecule has 0 saturated heterocycles. The van der Waals surface area contributed by atoms with Gasteiger partial charge in [-0.1, -0.05) is 13.8 Å². The minimum atomic E-state index is 0.537. The van der Waals surface area contributed by atoms with Crippen LogP contribution in [0.5, 0.6) is 0 Å². The van der Waals surface area contributed by atoms with Crippen molar-refractivity contribution >= 4 is 0 Å². The first kappa shape index (κ1) is 14.3. The molecule has 1 aromatic heterocycles. The Kier molecular flexibility index (Phi) is 4.81. The van der Waals surface area contributed by atoms with Crippen LogP contribution in [0.3, 0.4) is 0 Å². The van der Waals surface area contributed by atoms with Crippen molar-refractivity contribution < 1.29 is 0 Å². The topological polar surface area (TPSA) is 30.9 Å². The molecule has 0 saturated carbocycles. The summed E-state index contributed by atoms with van der Waals surface area (Å²) in [6, 6.07) is 2.89. The van der Waals surface area contributed by atoms with Crippen molar-refractivity contribution in [1.82, 2.24) is 4.57 Å². The molecule has 0 amide bonds. The van der Waals surface area contributed by atoms with Gasteiger partial charge in [-0.15, -0.1) is 0 Å². The van der Waals surface area contributed by atoms with E-state index in [0.29, 0.717) is 17.9 Å². The van der Waals surface area contributed by atoms with Gasteiger partial charge in [-0.25, -0.2) is 0 Å². The van der Waals surface area contributed by atoms with Gasteiger partial charge in [-0.05, 0) is 64.1 Å². The molecule has 2 N–H and O–H groups in total. The molecule has 1 heterocycles. The number of rotatable bonds is 5. The van der Waals surface area contributed by atoms with Crippen LogP contribution in [0.15, 0.2) is 6.07 Å². The Balaban J connectivity index is 3.17. The minimum Gasteiger partial charge on any atom is -0.346 e. The molecule has 1 rings (SSSR count). The quantitative estimate of drug-likeness (QED) is 0.829. The fourth-order valence-corrected chi connectivity index (χ4v) is 3.00. The van der Waals surface area contributed by atoms with E-state index in [2.05, 4.69) is 52.2 Å². The molecule has 0 bridgehead atoms. The van der Waals surface area contributed by atoms with Crippen LogP contribution in [0.1, 0.15) is 63.0 Å². The van der Waals surface area contributed by atoms with Crippen LogP contribution in [-0.2, 0) is 0 Å². The van der Waals surface area contributed by atoms with E-state index in [1.807, 2.05) is 0 Å². The number of hydrogen-bond donors (Lipinski definition) is 1. The predicted octanol–water partition coefficient (Wildman–Crippen LogP) is 3.77. The highest BCUT2D eigenvalue weighted by atomic mass is 15.0. The Morgan fingerprint density at radius 1 is 1.18 bits per heavy atom. The standard InChI is InChI=1S/C15H28N2/c1-10(2)14(7-8-16)15-9-12(5)17(11(3)4)13(15)6/h9-11,14H,7-8,16H2,1-6H3. The van der Waals surface area contributed by atoms with Crippen molar-refractivity contribution in [2.45, 2.75) is 59.9 Å². The van der Waals surface area contributed by atoms with E-state index in [4.69, 9.17) is 5.73 Å². The number of hydrogen-bond acceptors (Lipinski definition) is 1. The SMILES string of the molecule is Cc1cc(C(CCN)C(C)C)c(C)n1C(C)C. The van der Waals surface area contributed by atoms with Crippen LogP contribution in [0.4, 0.5) is 0 Å². The third-order valence-electron chi connectivity index (χ3n) is 3.72. The van der Waals surface area contributed by atoms with Gasteiger partial charge in [-0.3, -0.25) is 0 Å². The van der Waals surface area contributed by atoms with Crippen molar-refractivity contribution in [3.8, 4) is 0 Å². The molecule has 98 valence electrons. The first-order valence-electron chi connectivity index (χ1n) is 6.78. The summed E-state index contributed by atoms with van der Waals surface area (Å²) >= 11 is 0. The van der Waals surface area contributed by atoms with Crippen LogP contribution in [0.25, 0.3) is 0 Å². The number of aromatic nitrogens is 1. The van der Waals surface area contributed by atoms with E-state index < -0.39 is 0 Å². The number of nitrogens with zero attached hydrogens (tertiary/aromatic N) is 1. The summed E-state index contributed by atoms with van der Waals surface area (Å²) in [5.41, 5.74) is 10.0. The third-order valence-corrected chi connectivity index (χ3v) is 3.72. The summed E-state index contributed by atoms with van der Waals surface area (Å²) in [5, 5.41) is 0. The summed E-state index contributed by atoms with van der Waals surface area (Å²) in [6.07, 6.45) is 1.08. The Morgan fingerprint density at radius 3 is 2.12 bits per heavy atom. The Bertz CT molecular complexity index is 361. The lowest BCUT2D eigenvalue weighted by atomic mass is 9.86. The molecule has 1 atom stereocenters. The van der Waals surface area contributed by atoms with E-state index in [1.165, 1.54) is 17.0 Å². The maximum absolute atomic E-state index is 5.75. The van der Waals surface area contributed by atoms with Gasteiger partial charge in [-0.2, -0.15) is 0 Å². The van der Waals surface area contributed by atoms with Gasteiger partial charge >= 0.3 is 0 Å². The van der Waals surface area contributed by atoms with Crippen molar-refractivity contribution in [2.75, 3.05) is 6.54 Å². The highest BCUT2D eigenvalue weighted by Crippen LogP contribution is 2.33. The molecular formula is C15H28N2. The van der Waals surface area contributed by atoms with Crippen LogP contribution in [0, 0.1) is 19.8 Å². The molecule has 17 heavy (non-hydrogen) atoms. The molecule has 2 nitrogen and oxygen atoms in total. The van der Waals surface area contributed by atoms with Crippen molar-refractivity contribution in [3.63, 3.8) is 0 Å². The zero-order chi connectivity index (χ0) is 13.2. The second-order valence-corrected chi connectivity index (χ2v) is 5.72. The molecule has 2 heteroatoms. The highest BCUT2D eigenvalue weighted by Gasteiger charge is 2.21. The highest BCUT2D eigenvalue weighted by molar-refractivity contribution is 5.31. The summed E-state index contributed by atoms with van der Waals surface area (Å²) in [7, 11) is 0. The van der Waals surface area contributed by atoms with Crippen LogP contribution in [-0.4, -0.2) is 11.1 Å². The Morgan fingerprint density at radius 2 is 1.76 bits per heavy atom. The van der Waals surface area contributed by atoms with Crippen molar-refractivity contribution in [1.29, 1.82) is 0 Å². The van der Waals surface area contributed by atoms with Gasteiger partial charge in [0.05, 0.1) is 0 Å². The molecule has 1 aromatic rings. The third kappa shape index (κ3) is 2.92. The van der Waals surface area contributed by atoms with Crippen molar-refractivity contribution in [3.05, 3.63) is 23.0 Å². The minimum absolute atomic E-state index is 0.537. The largest absolute Gasteiger partial charge is 0.346 e. The predicted molar refractivity (Wildman–Crippen MR) is 75.5 cm³/mol. The van der Waals surface area contributed by atoms with Crippen LogP contribution < -0.4 is 5.73 Å². The molecule has 1 unspecified atom stereocenters. The Labute approximate surface area is 106 Å². The first-order valence-corrected chi connectivity index (χ1v) is 6.78. The normalized spacial score (nSPS) is 13.7. The first-order chi connectivity index (χ1) is 7.90. The fraction of sp³-hybridized carbons (Fsp3) is 0.733. The summed E-state index contributed by atoms with van der Waals surface area (Å²) in [4.78, 5) is 0. The van der Waals surface area contributed by atoms with Gasteiger partial charge in [0, 0.05) is 17.4 Å². The van der Waals surface area contributed by atoms with E-state index in [9.17, 15) is 0 Å². The molecule has 0 aliphatic carbocycles. The monoisotopic (exact) mass is 236 g/mol. The zero-order valence-electron chi connectivity index (χ0n) is 12.2. The summed E-state index contributed by atoms with van der Waals surface area (Å²) in [5.74, 6) is 1.25. The molecule has 0 fully saturated rings. The van der Waals surface area contributed by atoms with E-state index in [-0.39, 0.29) is 0 Å². The smallest absolute Gasteiger partial charge is 0.0279 e. The summed E-state index contributed by atoms with van der Waals surface area (Å²) in [6.45, 7) is 14.3. The lowest BCUT2D eigenvalue weighted by molar-refractivity contribution is 0.468. The van der Waals surface area contributed by atoms with Crippen LogP contribution >= 0.6 is 0 Å². The molecule has 0 aliphatic heterocycles. The number of nitrogens with two attached hydrogens (primary N) is 1. The van der Waals surface area contributed by atoms with Gasteiger partial charge < -0.3 is 10.3 Å². The van der Waals surface area contributed by atoms with E-state index in [0.717, 1.165) is 13.0 Å². The second-order valence-electron chi connectivity index (χ2n) is 5.72. The molecule has 0 aromatic carbocycles. The number of aryl methyl sites for hydroxylation is 1. The molecule has 0 aliphatic rings.